The summed E-state index contributed by atoms with van der Waals surface area (Å²) in [5.74, 6) is -0.613. The zero-order valence-electron chi connectivity index (χ0n) is 13.8. The molecule has 1 fully saturated rings. The Balaban J connectivity index is 1.56. The molecule has 1 amide bonds. The van der Waals surface area contributed by atoms with Gasteiger partial charge in [-0.05, 0) is 11.6 Å². The number of hydrogen-bond donors (Lipinski definition) is 2. The summed E-state index contributed by atoms with van der Waals surface area (Å²) in [6.45, 7) is 2.67. The first-order valence-electron chi connectivity index (χ1n) is 7.87. The van der Waals surface area contributed by atoms with Gasteiger partial charge in [-0.25, -0.2) is 13.4 Å². The zero-order chi connectivity index (χ0) is 18.4. The van der Waals surface area contributed by atoms with Crippen LogP contribution in [0.25, 0.3) is 6.08 Å². The van der Waals surface area contributed by atoms with Crippen LogP contribution in [0.2, 0.25) is 0 Å². The average Bonchev–Trinajstić information content (AvgIpc) is 3.17. The number of anilines is 1. The monoisotopic (exact) mass is 394 g/mol. The van der Waals surface area contributed by atoms with Gasteiger partial charge in [-0.3, -0.25) is 10.2 Å². The van der Waals surface area contributed by atoms with Crippen molar-refractivity contribution in [2.75, 3.05) is 31.2 Å². The predicted molar refractivity (Wildman–Crippen MR) is 100 cm³/mol. The quantitative estimate of drug-likeness (QED) is 0.715. The summed E-state index contributed by atoms with van der Waals surface area (Å²) in [5, 5.41) is 3.29. The first-order chi connectivity index (χ1) is 12.5. The molecule has 2 aromatic rings. The van der Waals surface area contributed by atoms with Gasteiger partial charge in [-0.2, -0.15) is 0 Å². The van der Waals surface area contributed by atoms with Gasteiger partial charge >= 0.3 is 0 Å². The Morgan fingerprint density at radius 2 is 1.96 bits per heavy atom. The number of aromatic nitrogens is 1. The van der Waals surface area contributed by atoms with Gasteiger partial charge in [0.1, 0.15) is 5.69 Å². The van der Waals surface area contributed by atoms with Crippen molar-refractivity contribution in [1.82, 2.24) is 15.2 Å². The van der Waals surface area contributed by atoms with Crippen LogP contribution in [0.4, 0.5) is 5.13 Å². The van der Waals surface area contributed by atoms with Crippen LogP contribution in [-0.2, 0) is 14.8 Å². The highest BCUT2D eigenvalue weighted by Gasteiger charge is 2.18. The highest BCUT2D eigenvalue weighted by Crippen LogP contribution is 2.21. The van der Waals surface area contributed by atoms with Crippen molar-refractivity contribution in [3.8, 4) is 0 Å². The fourth-order valence-corrected chi connectivity index (χ4v) is 3.72. The van der Waals surface area contributed by atoms with Crippen molar-refractivity contribution in [1.29, 1.82) is 0 Å². The van der Waals surface area contributed by atoms with E-state index in [9.17, 15) is 13.2 Å². The Morgan fingerprint density at radius 1 is 1.23 bits per heavy atom. The number of thiazole rings is 1. The highest BCUT2D eigenvalue weighted by atomic mass is 32.2. The topological polar surface area (TPSA) is 101 Å². The number of hydrogen-bond acceptors (Lipinski definition) is 7. The maximum Gasteiger partial charge on any atom is 0.285 e. The van der Waals surface area contributed by atoms with E-state index >= 15 is 0 Å². The van der Waals surface area contributed by atoms with Gasteiger partial charge in [-0.1, -0.05) is 30.3 Å². The lowest BCUT2D eigenvalue weighted by molar-refractivity contribution is 0.0941. The smallest absolute Gasteiger partial charge is 0.285 e. The summed E-state index contributed by atoms with van der Waals surface area (Å²) in [4.78, 5) is 20.4. The van der Waals surface area contributed by atoms with Crippen molar-refractivity contribution in [3.05, 3.63) is 52.4 Å². The van der Waals surface area contributed by atoms with E-state index in [1.54, 1.807) is 29.6 Å². The van der Waals surface area contributed by atoms with Gasteiger partial charge in [-0.15, -0.1) is 16.2 Å². The van der Waals surface area contributed by atoms with Crippen molar-refractivity contribution in [3.63, 3.8) is 0 Å². The predicted octanol–water partition coefficient (Wildman–Crippen LogP) is 1.21. The van der Waals surface area contributed by atoms with Crippen LogP contribution in [0.15, 0.2) is 41.1 Å². The molecule has 8 nitrogen and oxygen atoms in total. The molecule has 1 aliphatic rings. The Labute approximate surface area is 155 Å². The van der Waals surface area contributed by atoms with Gasteiger partial charge < -0.3 is 9.64 Å². The third-order valence-electron chi connectivity index (χ3n) is 3.55. The van der Waals surface area contributed by atoms with E-state index in [4.69, 9.17) is 4.74 Å². The van der Waals surface area contributed by atoms with Crippen molar-refractivity contribution in [2.24, 2.45) is 0 Å². The summed E-state index contributed by atoms with van der Waals surface area (Å²) >= 11 is 1.33. The molecule has 0 atom stereocenters. The van der Waals surface area contributed by atoms with E-state index in [-0.39, 0.29) is 5.69 Å². The van der Waals surface area contributed by atoms with E-state index < -0.39 is 15.9 Å². The molecule has 2 heterocycles. The molecule has 3 rings (SSSR count). The van der Waals surface area contributed by atoms with Gasteiger partial charge in [0.05, 0.1) is 13.2 Å². The molecule has 1 aliphatic heterocycles. The van der Waals surface area contributed by atoms with Crippen molar-refractivity contribution >= 4 is 38.5 Å². The number of nitrogens with zero attached hydrogens (tertiary/aromatic N) is 2. The molecular weight excluding hydrogens is 376 g/mol. The van der Waals surface area contributed by atoms with Crippen LogP contribution in [0, 0.1) is 0 Å². The molecule has 2 N–H and O–H groups in total. The van der Waals surface area contributed by atoms with E-state index in [1.165, 1.54) is 17.4 Å². The van der Waals surface area contributed by atoms with Gasteiger partial charge in [0.15, 0.2) is 5.13 Å². The standard InChI is InChI=1S/C16H18N4O4S2/c21-15(14-12-25-16(17-14)20-7-9-24-10-8-20)18-19-26(22,23)11-6-13-4-2-1-3-5-13/h1-6,11-12,19H,7-10H2,(H,18,21)/b11-6+. The minimum atomic E-state index is -3.81. The number of sulfonamides is 1. The van der Waals surface area contributed by atoms with Crippen LogP contribution in [0.1, 0.15) is 16.1 Å². The van der Waals surface area contributed by atoms with Crippen LogP contribution in [0.3, 0.4) is 0 Å². The van der Waals surface area contributed by atoms with E-state index in [0.717, 1.165) is 11.0 Å². The highest BCUT2D eigenvalue weighted by molar-refractivity contribution is 7.92. The van der Waals surface area contributed by atoms with Crippen LogP contribution in [0.5, 0.6) is 0 Å². The molecule has 1 aromatic carbocycles. The summed E-state index contributed by atoms with van der Waals surface area (Å²) in [7, 11) is -3.81. The minimum absolute atomic E-state index is 0.159. The van der Waals surface area contributed by atoms with Gasteiger partial charge in [0.25, 0.3) is 15.9 Å². The fourth-order valence-electron chi connectivity index (χ4n) is 2.22. The minimum Gasteiger partial charge on any atom is -0.378 e. The number of hydrazine groups is 1. The van der Waals surface area contributed by atoms with Crippen molar-refractivity contribution < 1.29 is 17.9 Å². The molecule has 0 unspecified atom stereocenters. The maximum absolute atomic E-state index is 12.1. The third-order valence-corrected chi connectivity index (χ3v) is 5.33. The molecule has 10 heteroatoms. The number of ether oxygens (including phenoxy) is 1. The number of rotatable bonds is 6. The van der Waals surface area contributed by atoms with Crippen molar-refractivity contribution in [2.45, 2.75) is 0 Å². The largest absolute Gasteiger partial charge is 0.378 e. The lowest BCUT2D eigenvalue weighted by Crippen LogP contribution is -2.40. The third kappa shape index (κ3) is 5.11. The molecule has 0 saturated carbocycles. The number of carbonyl (C=O) groups excluding carboxylic acids is 1. The molecule has 1 saturated heterocycles. The lowest BCUT2D eigenvalue weighted by atomic mass is 10.2. The van der Waals surface area contributed by atoms with Gasteiger partial charge in [0, 0.05) is 23.9 Å². The SMILES string of the molecule is O=C(NNS(=O)(=O)/C=C/c1ccccc1)c1csc(N2CCOCC2)n1. The van der Waals surface area contributed by atoms with Crippen LogP contribution in [-0.4, -0.2) is 45.6 Å². The van der Waals surface area contributed by atoms with Crippen LogP contribution < -0.4 is 15.2 Å². The number of carbonyl (C=O) groups is 1. The molecule has 0 bridgehead atoms. The number of amides is 1. The van der Waals surface area contributed by atoms with E-state index in [0.29, 0.717) is 31.4 Å². The Hall–Kier alpha value is -2.27. The number of benzene rings is 1. The molecule has 0 aliphatic carbocycles. The first kappa shape index (κ1) is 18.5. The first-order valence-corrected chi connectivity index (χ1v) is 10.3. The summed E-state index contributed by atoms with van der Waals surface area (Å²) < 4.78 is 29.2. The molecule has 1 aromatic heterocycles. The second-order valence-electron chi connectivity index (χ2n) is 5.43. The van der Waals surface area contributed by atoms with Crippen LogP contribution >= 0.6 is 11.3 Å². The second kappa shape index (κ2) is 8.41. The summed E-state index contributed by atoms with van der Waals surface area (Å²) in [6, 6.07) is 8.98. The Kier molecular flexibility index (Phi) is 5.99. The molecule has 26 heavy (non-hydrogen) atoms. The Bertz CT molecular complexity index is 875. The number of nitrogens with one attached hydrogen (secondary N) is 2. The zero-order valence-corrected chi connectivity index (χ0v) is 15.4. The van der Waals surface area contributed by atoms with E-state index in [2.05, 4.69) is 10.4 Å². The summed E-state index contributed by atoms with van der Waals surface area (Å²) in [5.41, 5.74) is 3.06. The van der Waals surface area contributed by atoms with Gasteiger partial charge in [0.2, 0.25) is 0 Å². The molecule has 0 radical (unpaired) electrons. The Morgan fingerprint density at radius 3 is 2.69 bits per heavy atom. The molecular formula is C16H18N4O4S2. The summed E-state index contributed by atoms with van der Waals surface area (Å²) in [6.07, 6.45) is 1.44. The fraction of sp³-hybridized carbons (Fsp3) is 0.250. The number of morpholine rings is 1. The average molecular weight is 394 g/mol. The molecule has 138 valence electrons. The second-order valence-corrected chi connectivity index (χ2v) is 7.83. The van der Waals surface area contributed by atoms with E-state index in [1.807, 2.05) is 15.8 Å². The molecule has 0 spiro atoms. The maximum atomic E-state index is 12.1. The lowest BCUT2D eigenvalue weighted by Gasteiger charge is -2.25. The normalized spacial score (nSPS) is 15.3.